The molecule has 5 nitrogen and oxygen atoms in total. The van der Waals surface area contributed by atoms with E-state index >= 15 is 0 Å². The molecule has 1 unspecified atom stereocenters. The van der Waals surface area contributed by atoms with Crippen molar-refractivity contribution in [2.75, 3.05) is 26.9 Å². The predicted octanol–water partition coefficient (Wildman–Crippen LogP) is 1.71. The molecule has 1 atom stereocenters. The number of aliphatic hydroxyl groups excluding tert-OH is 1. The zero-order valence-corrected chi connectivity index (χ0v) is 12.3. The lowest BCUT2D eigenvalue weighted by atomic mass is 10.2. The maximum absolute atomic E-state index is 9.78. The molecule has 114 valence electrons. The molecule has 0 aliphatic heterocycles. The molecule has 0 aliphatic carbocycles. The minimum absolute atomic E-state index is 0.163. The number of benzene rings is 1. The van der Waals surface area contributed by atoms with Crippen LogP contribution in [0.3, 0.4) is 0 Å². The highest BCUT2D eigenvalue weighted by Gasteiger charge is 2.09. The summed E-state index contributed by atoms with van der Waals surface area (Å²) in [6.45, 7) is 3.64. The van der Waals surface area contributed by atoms with Gasteiger partial charge in [0, 0.05) is 13.2 Å². The SMILES string of the molecule is CCCCOCC(O)COc1cc(CN)ccc1OC. The number of ether oxygens (including phenoxy) is 3. The van der Waals surface area contributed by atoms with Crippen molar-refractivity contribution in [2.24, 2.45) is 5.73 Å². The molecular weight excluding hydrogens is 258 g/mol. The minimum Gasteiger partial charge on any atom is -0.493 e. The molecule has 0 aliphatic rings. The third-order valence-corrected chi connectivity index (χ3v) is 2.85. The minimum atomic E-state index is -0.655. The lowest BCUT2D eigenvalue weighted by molar-refractivity contribution is 0.0108. The Kier molecular flexibility index (Phi) is 8.02. The topological polar surface area (TPSA) is 73.9 Å². The van der Waals surface area contributed by atoms with Crippen LogP contribution in [0.5, 0.6) is 11.5 Å². The molecule has 0 spiro atoms. The standard InChI is InChI=1S/C15H25NO4/c1-3-4-7-19-10-13(17)11-20-15-8-12(9-16)5-6-14(15)18-2/h5-6,8,13,17H,3-4,7,9-11,16H2,1-2H3. The van der Waals surface area contributed by atoms with Gasteiger partial charge in [-0.25, -0.2) is 0 Å². The summed E-state index contributed by atoms with van der Waals surface area (Å²) in [5, 5.41) is 9.78. The maximum Gasteiger partial charge on any atom is 0.161 e. The van der Waals surface area contributed by atoms with Crippen LogP contribution in [0.1, 0.15) is 25.3 Å². The van der Waals surface area contributed by atoms with Crippen LogP contribution in [-0.2, 0) is 11.3 Å². The Morgan fingerprint density at radius 1 is 1.25 bits per heavy atom. The molecule has 1 aromatic rings. The molecule has 3 N–H and O–H groups in total. The highest BCUT2D eigenvalue weighted by Crippen LogP contribution is 2.28. The van der Waals surface area contributed by atoms with Gasteiger partial charge in [-0.2, -0.15) is 0 Å². The Morgan fingerprint density at radius 2 is 2.05 bits per heavy atom. The average Bonchev–Trinajstić information content (AvgIpc) is 2.49. The van der Waals surface area contributed by atoms with E-state index in [4.69, 9.17) is 19.9 Å². The molecule has 0 bridgehead atoms. The van der Waals surface area contributed by atoms with Gasteiger partial charge in [0.25, 0.3) is 0 Å². The number of hydrogen-bond acceptors (Lipinski definition) is 5. The molecule has 0 radical (unpaired) electrons. The van der Waals surface area contributed by atoms with E-state index < -0.39 is 6.10 Å². The second kappa shape index (κ2) is 9.58. The van der Waals surface area contributed by atoms with Gasteiger partial charge in [0.15, 0.2) is 11.5 Å². The van der Waals surface area contributed by atoms with E-state index in [1.54, 1.807) is 7.11 Å². The van der Waals surface area contributed by atoms with Crippen LogP contribution >= 0.6 is 0 Å². The first-order valence-corrected chi connectivity index (χ1v) is 6.96. The Balaban J connectivity index is 2.43. The van der Waals surface area contributed by atoms with Gasteiger partial charge in [-0.05, 0) is 24.1 Å². The van der Waals surface area contributed by atoms with Gasteiger partial charge in [0.2, 0.25) is 0 Å². The highest BCUT2D eigenvalue weighted by molar-refractivity contribution is 5.42. The van der Waals surface area contributed by atoms with E-state index in [2.05, 4.69) is 6.92 Å². The van der Waals surface area contributed by atoms with Crippen LogP contribution in [0, 0.1) is 0 Å². The number of aliphatic hydroxyl groups is 1. The molecule has 0 amide bonds. The van der Waals surface area contributed by atoms with Crippen LogP contribution in [0.25, 0.3) is 0 Å². The van der Waals surface area contributed by atoms with Crippen molar-refractivity contribution in [2.45, 2.75) is 32.4 Å². The van der Waals surface area contributed by atoms with Gasteiger partial charge in [-0.1, -0.05) is 19.4 Å². The van der Waals surface area contributed by atoms with Gasteiger partial charge in [-0.15, -0.1) is 0 Å². The molecule has 0 saturated carbocycles. The third kappa shape index (κ3) is 5.77. The van der Waals surface area contributed by atoms with Crippen molar-refractivity contribution in [3.8, 4) is 11.5 Å². The molecule has 1 aromatic carbocycles. The number of nitrogens with two attached hydrogens (primary N) is 1. The number of hydrogen-bond donors (Lipinski definition) is 2. The average molecular weight is 283 g/mol. The van der Waals surface area contributed by atoms with Gasteiger partial charge < -0.3 is 25.1 Å². The van der Waals surface area contributed by atoms with Crippen LogP contribution in [0.2, 0.25) is 0 Å². The summed E-state index contributed by atoms with van der Waals surface area (Å²) in [5.74, 6) is 1.21. The van der Waals surface area contributed by atoms with Crippen molar-refractivity contribution in [1.82, 2.24) is 0 Å². The van der Waals surface area contributed by atoms with Gasteiger partial charge >= 0.3 is 0 Å². The van der Waals surface area contributed by atoms with Gasteiger partial charge in [-0.3, -0.25) is 0 Å². The van der Waals surface area contributed by atoms with E-state index in [-0.39, 0.29) is 13.2 Å². The van der Waals surface area contributed by atoms with Crippen molar-refractivity contribution in [1.29, 1.82) is 0 Å². The van der Waals surface area contributed by atoms with Crippen LogP contribution in [-0.4, -0.2) is 38.1 Å². The molecule has 1 rings (SSSR count). The molecular formula is C15H25NO4. The molecule has 0 saturated heterocycles. The maximum atomic E-state index is 9.78. The lowest BCUT2D eigenvalue weighted by Crippen LogP contribution is -2.23. The normalized spacial score (nSPS) is 12.2. The Bertz CT molecular complexity index is 384. The van der Waals surface area contributed by atoms with Gasteiger partial charge in [0.05, 0.1) is 13.7 Å². The molecule has 0 heterocycles. The second-order valence-corrected chi connectivity index (χ2v) is 4.58. The third-order valence-electron chi connectivity index (χ3n) is 2.85. The summed E-state index contributed by atoms with van der Waals surface area (Å²) in [5.41, 5.74) is 6.55. The summed E-state index contributed by atoms with van der Waals surface area (Å²) in [4.78, 5) is 0. The smallest absolute Gasteiger partial charge is 0.161 e. The fourth-order valence-corrected chi connectivity index (χ4v) is 1.66. The van der Waals surface area contributed by atoms with E-state index in [9.17, 15) is 5.11 Å². The van der Waals surface area contributed by atoms with Crippen molar-refractivity contribution in [3.63, 3.8) is 0 Å². The number of rotatable bonds is 10. The Labute approximate surface area is 120 Å². The van der Waals surface area contributed by atoms with Crippen molar-refractivity contribution in [3.05, 3.63) is 23.8 Å². The zero-order valence-electron chi connectivity index (χ0n) is 12.3. The first-order valence-electron chi connectivity index (χ1n) is 6.96. The largest absolute Gasteiger partial charge is 0.493 e. The Morgan fingerprint density at radius 3 is 2.70 bits per heavy atom. The molecule has 5 heteroatoms. The van der Waals surface area contributed by atoms with E-state index in [1.807, 2.05) is 18.2 Å². The fourth-order valence-electron chi connectivity index (χ4n) is 1.66. The highest BCUT2D eigenvalue weighted by atomic mass is 16.5. The molecule has 0 fully saturated rings. The number of unbranched alkanes of at least 4 members (excludes halogenated alkanes) is 1. The molecule has 0 aromatic heterocycles. The Hall–Kier alpha value is -1.30. The monoisotopic (exact) mass is 283 g/mol. The summed E-state index contributed by atoms with van der Waals surface area (Å²) in [6, 6.07) is 5.52. The van der Waals surface area contributed by atoms with E-state index in [0.717, 1.165) is 18.4 Å². The summed E-state index contributed by atoms with van der Waals surface area (Å²) in [7, 11) is 1.58. The molecule has 20 heavy (non-hydrogen) atoms. The fraction of sp³-hybridized carbons (Fsp3) is 0.600. The van der Waals surface area contributed by atoms with Crippen molar-refractivity contribution >= 4 is 0 Å². The first kappa shape index (κ1) is 16.8. The first-order chi connectivity index (χ1) is 9.71. The second-order valence-electron chi connectivity index (χ2n) is 4.58. The van der Waals surface area contributed by atoms with Gasteiger partial charge in [0.1, 0.15) is 12.7 Å². The summed E-state index contributed by atoms with van der Waals surface area (Å²) < 4.78 is 16.1. The summed E-state index contributed by atoms with van der Waals surface area (Å²) in [6.07, 6.45) is 1.42. The predicted molar refractivity (Wildman–Crippen MR) is 78.1 cm³/mol. The van der Waals surface area contributed by atoms with Crippen molar-refractivity contribution < 1.29 is 19.3 Å². The van der Waals surface area contributed by atoms with E-state index in [0.29, 0.717) is 24.7 Å². The quantitative estimate of drug-likeness (QED) is 0.639. The van der Waals surface area contributed by atoms with E-state index in [1.165, 1.54) is 0 Å². The lowest BCUT2D eigenvalue weighted by Gasteiger charge is -2.15. The van der Waals surface area contributed by atoms with Crippen LogP contribution in [0.15, 0.2) is 18.2 Å². The number of methoxy groups -OCH3 is 1. The van der Waals surface area contributed by atoms with Crippen LogP contribution < -0.4 is 15.2 Å². The van der Waals surface area contributed by atoms with Crippen LogP contribution in [0.4, 0.5) is 0 Å². The summed E-state index contributed by atoms with van der Waals surface area (Å²) >= 11 is 0. The zero-order chi connectivity index (χ0) is 14.8.